The number of oxazole rings is 1. The van der Waals surface area contributed by atoms with Gasteiger partial charge in [0.25, 0.3) is 0 Å². The van der Waals surface area contributed by atoms with E-state index < -0.39 is 5.76 Å². The van der Waals surface area contributed by atoms with Crippen molar-refractivity contribution in [2.24, 2.45) is 0 Å². The van der Waals surface area contributed by atoms with Crippen LogP contribution in [0.25, 0.3) is 11.1 Å². The van der Waals surface area contributed by atoms with Crippen molar-refractivity contribution in [2.75, 3.05) is 13.7 Å². The zero-order chi connectivity index (χ0) is 13.7. The Morgan fingerprint density at radius 3 is 3.11 bits per heavy atom. The standard InChI is InChI=1S/C13H16N2O4/c1-18-12(16)3-2-6-14-8-9-4-5-10-11(7-9)19-13(17)15-10/h4-5,7,14H,2-3,6,8H2,1H3,(H,15,17). The van der Waals surface area contributed by atoms with Crippen LogP contribution in [0.5, 0.6) is 0 Å². The minimum absolute atomic E-state index is 0.197. The van der Waals surface area contributed by atoms with Crippen molar-refractivity contribution in [1.82, 2.24) is 10.3 Å². The summed E-state index contributed by atoms with van der Waals surface area (Å²) in [7, 11) is 1.38. The van der Waals surface area contributed by atoms with Crippen molar-refractivity contribution in [1.29, 1.82) is 0 Å². The number of carbonyl (C=O) groups excluding carboxylic acids is 1. The van der Waals surface area contributed by atoms with Gasteiger partial charge in [0.2, 0.25) is 0 Å². The van der Waals surface area contributed by atoms with Crippen LogP contribution in [0.15, 0.2) is 27.4 Å². The van der Waals surface area contributed by atoms with Gasteiger partial charge >= 0.3 is 11.7 Å². The van der Waals surface area contributed by atoms with Gasteiger partial charge in [0.1, 0.15) is 0 Å². The molecule has 0 unspecified atom stereocenters. The number of hydrogen-bond donors (Lipinski definition) is 2. The van der Waals surface area contributed by atoms with E-state index in [0.717, 1.165) is 18.5 Å². The van der Waals surface area contributed by atoms with Gasteiger partial charge in [-0.05, 0) is 30.7 Å². The number of fused-ring (bicyclic) bond motifs is 1. The van der Waals surface area contributed by atoms with E-state index >= 15 is 0 Å². The van der Waals surface area contributed by atoms with E-state index in [9.17, 15) is 9.59 Å². The summed E-state index contributed by atoms with van der Waals surface area (Å²) in [4.78, 5) is 24.5. The number of rotatable bonds is 6. The maximum absolute atomic E-state index is 11.0. The minimum atomic E-state index is -0.446. The Hall–Kier alpha value is -2.08. The van der Waals surface area contributed by atoms with Gasteiger partial charge in [0.15, 0.2) is 5.58 Å². The van der Waals surface area contributed by atoms with E-state index in [1.165, 1.54) is 7.11 Å². The number of H-pyrrole nitrogens is 1. The highest BCUT2D eigenvalue weighted by Crippen LogP contribution is 2.12. The van der Waals surface area contributed by atoms with Crippen LogP contribution in [-0.4, -0.2) is 24.6 Å². The molecule has 0 amide bonds. The highest BCUT2D eigenvalue weighted by atomic mass is 16.5. The van der Waals surface area contributed by atoms with Crippen LogP contribution in [0.2, 0.25) is 0 Å². The van der Waals surface area contributed by atoms with Gasteiger partial charge in [-0.15, -0.1) is 0 Å². The number of aromatic amines is 1. The molecule has 0 saturated carbocycles. The Labute approximate surface area is 109 Å². The Kier molecular flexibility index (Phi) is 4.35. The SMILES string of the molecule is COC(=O)CCCNCc1ccc2[nH]c(=O)oc2c1. The first-order valence-corrected chi connectivity index (χ1v) is 6.08. The van der Waals surface area contributed by atoms with Crippen LogP contribution in [0.3, 0.4) is 0 Å². The molecule has 2 N–H and O–H groups in total. The molecular weight excluding hydrogens is 248 g/mol. The van der Waals surface area contributed by atoms with Crippen molar-refractivity contribution in [2.45, 2.75) is 19.4 Å². The maximum atomic E-state index is 11.0. The molecule has 2 aromatic rings. The number of methoxy groups -OCH3 is 1. The first kappa shape index (κ1) is 13.4. The lowest BCUT2D eigenvalue weighted by Gasteiger charge is -2.04. The van der Waals surface area contributed by atoms with Crippen molar-refractivity contribution >= 4 is 17.1 Å². The second kappa shape index (κ2) is 6.19. The first-order valence-electron chi connectivity index (χ1n) is 6.08. The van der Waals surface area contributed by atoms with Crippen molar-refractivity contribution < 1.29 is 13.9 Å². The lowest BCUT2D eigenvalue weighted by molar-refractivity contribution is -0.140. The molecule has 0 aliphatic carbocycles. The van der Waals surface area contributed by atoms with Crippen LogP contribution in [-0.2, 0) is 16.1 Å². The number of carbonyl (C=O) groups is 1. The molecule has 0 atom stereocenters. The quantitative estimate of drug-likeness (QED) is 0.604. The molecule has 0 aliphatic heterocycles. The predicted octanol–water partition coefficient (Wildman–Crippen LogP) is 1.16. The summed E-state index contributed by atoms with van der Waals surface area (Å²) >= 11 is 0. The normalized spacial score (nSPS) is 10.8. The Balaban J connectivity index is 1.81. The molecule has 1 aromatic heterocycles. The van der Waals surface area contributed by atoms with Crippen LogP contribution in [0.4, 0.5) is 0 Å². The Morgan fingerprint density at radius 1 is 1.47 bits per heavy atom. The topological polar surface area (TPSA) is 84.3 Å². The highest BCUT2D eigenvalue weighted by molar-refractivity contribution is 5.72. The van der Waals surface area contributed by atoms with Gasteiger partial charge in [-0.2, -0.15) is 0 Å². The third-order valence-electron chi connectivity index (χ3n) is 2.78. The molecular formula is C13H16N2O4. The number of nitrogens with one attached hydrogen (secondary N) is 2. The van der Waals surface area contributed by atoms with Crippen LogP contribution >= 0.6 is 0 Å². The van der Waals surface area contributed by atoms with E-state index in [1.54, 1.807) is 0 Å². The second-order valence-corrected chi connectivity index (χ2v) is 4.20. The van der Waals surface area contributed by atoms with Crippen molar-refractivity contribution in [3.63, 3.8) is 0 Å². The van der Waals surface area contributed by atoms with Crippen LogP contribution in [0.1, 0.15) is 18.4 Å². The average molecular weight is 264 g/mol. The van der Waals surface area contributed by atoms with Gasteiger partial charge in [0, 0.05) is 13.0 Å². The van der Waals surface area contributed by atoms with Gasteiger partial charge in [0.05, 0.1) is 12.6 Å². The second-order valence-electron chi connectivity index (χ2n) is 4.20. The summed E-state index contributed by atoms with van der Waals surface area (Å²) in [5.41, 5.74) is 2.27. The molecule has 0 saturated heterocycles. The Morgan fingerprint density at radius 2 is 2.32 bits per heavy atom. The summed E-state index contributed by atoms with van der Waals surface area (Å²) in [5, 5.41) is 3.21. The average Bonchev–Trinajstić information content (AvgIpc) is 2.77. The number of esters is 1. The summed E-state index contributed by atoms with van der Waals surface area (Å²) < 4.78 is 9.54. The fraction of sp³-hybridized carbons (Fsp3) is 0.385. The fourth-order valence-electron chi connectivity index (χ4n) is 1.79. The van der Waals surface area contributed by atoms with E-state index in [2.05, 4.69) is 15.0 Å². The van der Waals surface area contributed by atoms with Crippen molar-refractivity contribution in [3.05, 3.63) is 34.3 Å². The van der Waals surface area contributed by atoms with Gasteiger partial charge in [-0.25, -0.2) is 4.79 Å². The fourth-order valence-corrected chi connectivity index (χ4v) is 1.79. The number of benzene rings is 1. The van der Waals surface area contributed by atoms with Crippen LogP contribution in [0, 0.1) is 0 Å². The van der Waals surface area contributed by atoms with Gasteiger partial charge in [-0.3, -0.25) is 9.78 Å². The third kappa shape index (κ3) is 3.69. The Bertz CT molecular complexity index is 614. The molecule has 1 aromatic carbocycles. The zero-order valence-electron chi connectivity index (χ0n) is 10.7. The van der Waals surface area contributed by atoms with E-state index in [0.29, 0.717) is 24.1 Å². The smallest absolute Gasteiger partial charge is 0.417 e. The maximum Gasteiger partial charge on any atom is 0.417 e. The molecule has 0 fully saturated rings. The molecule has 0 bridgehead atoms. The van der Waals surface area contributed by atoms with E-state index in [4.69, 9.17) is 4.42 Å². The monoisotopic (exact) mass is 264 g/mol. The molecule has 0 spiro atoms. The van der Waals surface area contributed by atoms with E-state index in [1.807, 2.05) is 18.2 Å². The minimum Gasteiger partial charge on any atom is -0.469 e. The zero-order valence-corrected chi connectivity index (χ0v) is 10.7. The molecule has 102 valence electrons. The van der Waals surface area contributed by atoms with E-state index in [-0.39, 0.29) is 5.97 Å². The lowest BCUT2D eigenvalue weighted by Crippen LogP contribution is -2.16. The molecule has 0 aliphatic rings. The summed E-state index contributed by atoms with van der Waals surface area (Å²) in [6.07, 6.45) is 1.14. The molecule has 6 nitrogen and oxygen atoms in total. The molecule has 2 rings (SSSR count). The summed E-state index contributed by atoms with van der Waals surface area (Å²) in [5.74, 6) is -0.643. The molecule has 6 heteroatoms. The number of aromatic nitrogens is 1. The molecule has 0 radical (unpaired) electrons. The summed E-state index contributed by atoms with van der Waals surface area (Å²) in [6, 6.07) is 5.55. The molecule has 19 heavy (non-hydrogen) atoms. The highest BCUT2D eigenvalue weighted by Gasteiger charge is 2.02. The van der Waals surface area contributed by atoms with Gasteiger partial charge in [-0.1, -0.05) is 6.07 Å². The number of ether oxygens (including phenoxy) is 1. The number of hydrogen-bond acceptors (Lipinski definition) is 5. The first-order chi connectivity index (χ1) is 9.19. The predicted molar refractivity (Wildman–Crippen MR) is 69.8 cm³/mol. The third-order valence-corrected chi connectivity index (χ3v) is 2.78. The summed E-state index contributed by atoms with van der Waals surface area (Å²) in [6.45, 7) is 1.39. The van der Waals surface area contributed by atoms with Crippen LogP contribution < -0.4 is 11.1 Å². The largest absolute Gasteiger partial charge is 0.469 e. The van der Waals surface area contributed by atoms with Gasteiger partial charge < -0.3 is 14.5 Å². The van der Waals surface area contributed by atoms with Crippen molar-refractivity contribution in [3.8, 4) is 0 Å². The lowest BCUT2D eigenvalue weighted by atomic mass is 10.2. The molecule has 1 heterocycles.